The molecule has 3 heterocycles. The number of anilines is 1. The zero-order chi connectivity index (χ0) is 24.3. The molecule has 9 nitrogen and oxygen atoms in total. The van der Waals surface area contributed by atoms with Crippen molar-refractivity contribution in [2.75, 3.05) is 5.32 Å². The smallest absolute Gasteiger partial charge is 0.252 e. The lowest BCUT2D eigenvalue weighted by molar-refractivity contribution is -0.231. The molecular formula is C25H30N2O7. The lowest BCUT2D eigenvalue weighted by atomic mass is 9.98. The number of carbonyl (C=O) groups is 2. The van der Waals surface area contributed by atoms with Gasteiger partial charge >= 0.3 is 0 Å². The Morgan fingerprint density at radius 1 is 0.853 bits per heavy atom. The van der Waals surface area contributed by atoms with E-state index in [0.29, 0.717) is 5.69 Å². The number of fused-ring (bicyclic) bond motifs is 4. The summed E-state index contributed by atoms with van der Waals surface area (Å²) in [6.45, 7) is 8.72. The monoisotopic (exact) mass is 470 g/mol. The number of carbonyl (C=O) groups excluding carboxylic acids is 2. The zero-order valence-corrected chi connectivity index (χ0v) is 19.9. The second-order valence-electron chi connectivity index (χ2n) is 9.84. The van der Waals surface area contributed by atoms with E-state index in [1.165, 1.54) is 0 Å². The van der Waals surface area contributed by atoms with Crippen LogP contribution in [-0.4, -0.2) is 60.1 Å². The van der Waals surface area contributed by atoms with E-state index < -0.39 is 54.2 Å². The summed E-state index contributed by atoms with van der Waals surface area (Å²) in [5.74, 6) is -2.63. The Morgan fingerprint density at radius 2 is 1.50 bits per heavy atom. The first-order chi connectivity index (χ1) is 16.0. The summed E-state index contributed by atoms with van der Waals surface area (Å²) in [5, 5.41) is 7.58. The van der Waals surface area contributed by atoms with E-state index >= 15 is 0 Å². The molecule has 0 saturated carbocycles. The molecule has 6 atom stereocenters. The molecule has 182 valence electrons. The highest BCUT2D eigenvalue weighted by Gasteiger charge is 2.62. The van der Waals surface area contributed by atoms with E-state index in [4.69, 9.17) is 23.7 Å². The first-order valence-corrected chi connectivity index (χ1v) is 11.5. The van der Waals surface area contributed by atoms with Crippen LogP contribution in [0.25, 0.3) is 10.8 Å². The fraction of sp³-hybridized carbons (Fsp3) is 0.520. The van der Waals surface area contributed by atoms with Gasteiger partial charge in [-0.3, -0.25) is 9.59 Å². The molecule has 2 N–H and O–H groups in total. The molecule has 9 heteroatoms. The van der Waals surface area contributed by atoms with Crippen LogP contribution in [0.1, 0.15) is 34.6 Å². The molecule has 0 unspecified atom stereocenters. The van der Waals surface area contributed by atoms with Gasteiger partial charge < -0.3 is 34.3 Å². The van der Waals surface area contributed by atoms with Gasteiger partial charge in [-0.25, -0.2) is 0 Å². The molecule has 0 bridgehead atoms. The predicted octanol–water partition coefficient (Wildman–Crippen LogP) is 2.68. The number of amides is 2. The molecule has 0 aliphatic carbocycles. The minimum absolute atomic E-state index is 0.347. The fourth-order valence-corrected chi connectivity index (χ4v) is 4.76. The van der Waals surface area contributed by atoms with Crippen molar-refractivity contribution < 1.29 is 33.3 Å². The molecule has 3 aliphatic rings. The summed E-state index contributed by atoms with van der Waals surface area (Å²) in [6.07, 6.45) is -3.60. The molecular weight excluding hydrogens is 440 g/mol. The summed E-state index contributed by atoms with van der Waals surface area (Å²) in [6, 6.07) is 12.6. The van der Waals surface area contributed by atoms with Gasteiger partial charge in [0.15, 0.2) is 24.0 Å². The standard InChI is InChI=1S/C25H30N2O7/c1-13(21(28)27-16-12-8-10-14-9-6-7-11-15(14)16)26-22(29)19-17-18(32-24(2,3)31-17)20-23(30-19)34-25(4,5)33-20/h6-13,17-20,23H,1-5H3,(H,26,29)(H,27,28)/t13-,17+,18+,19-,20+,23-/m1/s1. The second-order valence-corrected chi connectivity index (χ2v) is 9.84. The van der Waals surface area contributed by atoms with E-state index in [1.54, 1.807) is 34.6 Å². The van der Waals surface area contributed by atoms with Crippen LogP contribution >= 0.6 is 0 Å². The van der Waals surface area contributed by atoms with E-state index in [9.17, 15) is 9.59 Å². The van der Waals surface area contributed by atoms with Gasteiger partial charge in [0.05, 0.1) is 0 Å². The van der Waals surface area contributed by atoms with Crippen molar-refractivity contribution in [3.63, 3.8) is 0 Å². The van der Waals surface area contributed by atoms with Gasteiger partial charge in [0.2, 0.25) is 5.91 Å². The largest absolute Gasteiger partial charge is 0.342 e. The molecule has 0 aromatic heterocycles. The molecule has 34 heavy (non-hydrogen) atoms. The molecule has 3 saturated heterocycles. The van der Waals surface area contributed by atoms with E-state index in [0.717, 1.165) is 10.8 Å². The molecule has 5 rings (SSSR count). The summed E-state index contributed by atoms with van der Waals surface area (Å²) in [5.41, 5.74) is 0.675. The second kappa shape index (κ2) is 8.28. The van der Waals surface area contributed by atoms with Gasteiger partial charge in [-0.15, -0.1) is 0 Å². The topological polar surface area (TPSA) is 104 Å². The third kappa shape index (κ3) is 4.30. The van der Waals surface area contributed by atoms with Crippen LogP contribution in [0.15, 0.2) is 42.5 Å². The van der Waals surface area contributed by atoms with Gasteiger partial charge in [0.25, 0.3) is 5.91 Å². The highest BCUT2D eigenvalue weighted by atomic mass is 16.9. The normalized spacial score (nSPS) is 32.0. The number of benzene rings is 2. The Balaban J connectivity index is 1.29. The summed E-state index contributed by atoms with van der Waals surface area (Å²) < 4.78 is 29.8. The van der Waals surface area contributed by atoms with Crippen LogP contribution in [0.3, 0.4) is 0 Å². The summed E-state index contributed by atoms with van der Waals surface area (Å²) in [4.78, 5) is 26.1. The number of hydrogen-bond acceptors (Lipinski definition) is 7. The van der Waals surface area contributed by atoms with E-state index in [-0.39, 0.29) is 5.91 Å². The Hall–Kier alpha value is -2.56. The lowest BCUT2D eigenvalue weighted by Crippen LogP contribution is -2.60. The maximum atomic E-state index is 13.2. The van der Waals surface area contributed by atoms with E-state index in [1.807, 2.05) is 42.5 Å². The molecule has 3 aliphatic heterocycles. The van der Waals surface area contributed by atoms with Crippen molar-refractivity contribution in [2.24, 2.45) is 0 Å². The minimum atomic E-state index is -1.03. The van der Waals surface area contributed by atoms with Crippen LogP contribution < -0.4 is 10.6 Å². The van der Waals surface area contributed by atoms with Gasteiger partial charge in [0, 0.05) is 11.1 Å². The van der Waals surface area contributed by atoms with Gasteiger partial charge in [-0.05, 0) is 46.1 Å². The van der Waals surface area contributed by atoms with Crippen molar-refractivity contribution >= 4 is 28.3 Å². The van der Waals surface area contributed by atoms with Crippen molar-refractivity contribution in [3.05, 3.63) is 42.5 Å². The van der Waals surface area contributed by atoms with Crippen molar-refractivity contribution in [2.45, 2.75) is 82.9 Å². The highest BCUT2D eigenvalue weighted by Crippen LogP contribution is 2.44. The minimum Gasteiger partial charge on any atom is -0.342 e. The van der Waals surface area contributed by atoms with E-state index in [2.05, 4.69) is 10.6 Å². The third-order valence-corrected chi connectivity index (χ3v) is 6.21. The zero-order valence-electron chi connectivity index (χ0n) is 19.9. The molecule has 0 radical (unpaired) electrons. The Bertz CT molecular complexity index is 1110. The van der Waals surface area contributed by atoms with Gasteiger partial charge in [-0.1, -0.05) is 36.4 Å². The number of ether oxygens (including phenoxy) is 5. The average Bonchev–Trinajstić information content (AvgIpc) is 3.26. The Labute approximate surface area is 198 Å². The summed E-state index contributed by atoms with van der Waals surface area (Å²) >= 11 is 0. The number of rotatable bonds is 4. The maximum absolute atomic E-state index is 13.2. The molecule has 2 aromatic carbocycles. The SMILES string of the molecule is C[C@@H](NC(=O)[C@@H]1O[C@@H]2OC(C)(C)O[C@H]2[C@H]2OC(C)(C)O[C@@H]21)C(=O)Nc1cccc2ccccc12. The van der Waals surface area contributed by atoms with Crippen molar-refractivity contribution in [1.82, 2.24) is 5.32 Å². The van der Waals surface area contributed by atoms with Gasteiger partial charge in [0.1, 0.15) is 24.4 Å². The Morgan fingerprint density at radius 3 is 2.29 bits per heavy atom. The average molecular weight is 471 g/mol. The lowest BCUT2D eigenvalue weighted by Gasteiger charge is -2.36. The number of nitrogens with one attached hydrogen (secondary N) is 2. The predicted molar refractivity (Wildman–Crippen MR) is 123 cm³/mol. The number of hydrogen-bond donors (Lipinski definition) is 2. The van der Waals surface area contributed by atoms with Gasteiger partial charge in [-0.2, -0.15) is 0 Å². The first-order valence-electron chi connectivity index (χ1n) is 11.5. The molecule has 2 amide bonds. The van der Waals surface area contributed by atoms with Crippen LogP contribution in [-0.2, 0) is 33.3 Å². The van der Waals surface area contributed by atoms with Crippen LogP contribution in [0, 0.1) is 0 Å². The van der Waals surface area contributed by atoms with Crippen LogP contribution in [0.2, 0.25) is 0 Å². The highest BCUT2D eigenvalue weighted by molar-refractivity contribution is 6.04. The first kappa shape index (κ1) is 23.2. The molecule has 2 aromatic rings. The van der Waals surface area contributed by atoms with Crippen molar-refractivity contribution in [3.8, 4) is 0 Å². The third-order valence-electron chi connectivity index (χ3n) is 6.21. The quantitative estimate of drug-likeness (QED) is 0.708. The summed E-state index contributed by atoms with van der Waals surface area (Å²) in [7, 11) is 0. The fourth-order valence-electron chi connectivity index (χ4n) is 4.76. The van der Waals surface area contributed by atoms with Crippen LogP contribution in [0.5, 0.6) is 0 Å². The van der Waals surface area contributed by atoms with Crippen molar-refractivity contribution in [1.29, 1.82) is 0 Å². The van der Waals surface area contributed by atoms with Crippen LogP contribution in [0.4, 0.5) is 5.69 Å². The molecule has 0 spiro atoms. The maximum Gasteiger partial charge on any atom is 0.252 e. The molecule has 3 fully saturated rings. The Kier molecular flexibility index (Phi) is 5.65.